The number of benzene rings is 1. The molecule has 0 bridgehead atoms. The molecule has 1 aliphatic heterocycles. The molecule has 7 heteroatoms. The Bertz CT molecular complexity index is 512. The minimum absolute atomic E-state index is 0.00178. The maximum Gasteiger partial charge on any atom is 0.274 e. The molecule has 0 spiro atoms. The number of carbonyl (C=O) groups excluding carboxylic acids is 1. The van der Waals surface area contributed by atoms with Crippen LogP contribution in [-0.2, 0) is 9.53 Å². The van der Waals surface area contributed by atoms with Crippen LogP contribution in [0.5, 0.6) is 0 Å². The molecule has 2 N–H and O–H groups in total. The molecule has 108 valence electrons. The lowest BCUT2D eigenvalue weighted by atomic mass is 10.1. The average molecular weight is 279 g/mol. The minimum atomic E-state index is -0.457. The van der Waals surface area contributed by atoms with Crippen molar-refractivity contribution in [1.82, 2.24) is 5.32 Å². The van der Waals surface area contributed by atoms with E-state index in [1.165, 1.54) is 6.07 Å². The zero-order valence-corrected chi connectivity index (χ0v) is 11.2. The Balaban J connectivity index is 1.96. The lowest BCUT2D eigenvalue weighted by Gasteiger charge is -2.23. The molecule has 1 aromatic rings. The fourth-order valence-corrected chi connectivity index (χ4v) is 2.07. The molecule has 2 rings (SSSR count). The standard InChI is InChI=1S/C13H17N3O4/c1-9-2-3-10(6-12(9)16(18)19)15-13(17)7-11-8-20-5-4-14-11/h2-3,6,11,14H,4-5,7-8H2,1H3,(H,15,17). The van der Waals surface area contributed by atoms with Crippen LogP contribution in [0.15, 0.2) is 18.2 Å². The van der Waals surface area contributed by atoms with Gasteiger partial charge in [-0.25, -0.2) is 0 Å². The zero-order chi connectivity index (χ0) is 14.5. The second kappa shape index (κ2) is 6.44. The average Bonchev–Trinajstić information content (AvgIpc) is 2.41. The van der Waals surface area contributed by atoms with Crippen molar-refractivity contribution in [2.45, 2.75) is 19.4 Å². The number of rotatable bonds is 4. The summed E-state index contributed by atoms with van der Waals surface area (Å²) in [6.45, 7) is 3.55. The molecule has 1 fully saturated rings. The molecule has 1 amide bonds. The number of amides is 1. The highest BCUT2D eigenvalue weighted by molar-refractivity contribution is 5.91. The van der Waals surface area contributed by atoms with Crippen LogP contribution in [0.2, 0.25) is 0 Å². The first-order valence-electron chi connectivity index (χ1n) is 6.42. The summed E-state index contributed by atoms with van der Waals surface area (Å²) in [5, 5.41) is 16.7. The van der Waals surface area contributed by atoms with Crippen LogP contribution in [0.1, 0.15) is 12.0 Å². The number of ether oxygens (including phenoxy) is 1. The van der Waals surface area contributed by atoms with Crippen LogP contribution in [0.3, 0.4) is 0 Å². The summed E-state index contributed by atoms with van der Waals surface area (Å²) < 4.78 is 5.27. The molecule has 20 heavy (non-hydrogen) atoms. The molecule has 1 heterocycles. The Labute approximate surface area is 116 Å². The summed E-state index contributed by atoms with van der Waals surface area (Å²) in [7, 11) is 0. The topological polar surface area (TPSA) is 93.5 Å². The van der Waals surface area contributed by atoms with Gasteiger partial charge in [-0.2, -0.15) is 0 Å². The van der Waals surface area contributed by atoms with Crippen LogP contribution in [0.4, 0.5) is 11.4 Å². The Kier molecular flexibility index (Phi) is 4.65. The number of carbonyl (C=O) groups is 1. The third kappa shape index (κ3) is 3.75. The van der Waals surface area contributed by atoms with Gasteiger partial charge in [0.25, 0.3) is 5.69 Å². The molecular weight excluding hydrogens is 262 g/mol. The minimum Gasteiger partial charge on any atom is -0.378 e. The second-order valence-electron chi connectivity index (χ2n) is 4.74. The van der Waals surface area contributed by atoms with Gasteiger partial charge in [0.15, 0.2) is 0 Å². The van der Waals surface area contributed by atoms with Gasteiger partial charge in [0.2, 0.25) is 5.91 Å². The monoisotopic (exact) mass is 279 g/mol. The van der Waals surface area contributed by atoms with Gasteiger partial charge in [-0.15, -0.1) is 0 Å². The van der Waals surface area contributed by atoms with Crippen LogP contribution in [-0.4, -0.2) is 36.6 Å². The maximum atomic E-state index is 11.9. The van der Waals surface area contributed by atoms with Gasteiger partial charge in [-0.3, -0.25) is 14.9 Å². The quantitative estimate of drug-likeness (QED) is 0.638. The van der Waals surface area contributed by atoms with E-state index in [1.54, 1.807) is 19.1 Å². The Morgan fingerprint density at radius 3 is 3.05 bits per heavy atom. The fraction of sp³-hybridized carbons (Fsp3) is 0.462. The summed E-state index contributed by atoms with van der Waals surface area (Å²) >= 11 is 0. The number of hydrogen-bond acceptors (Lipinski definition) is 5. The highest BCUT2D eigenvalue weighted by atomic mass is 16.6. The van der Waals surface area contributed by atoms with Gasteiger partial charge < -0.3 is 15.4 Å². The fourth-order valence-electron chi connectivity index (χ4n) is 2.07. The van der Waals surface area contributed by atoms with Gasteiger partial charge in [0.05, 0.1) is 18.1 Å². The first kappa shape index (κ1) is 14.4. The number of nitrogens with one attached hydrogen (secondary N) is 2. The van der Waals surface area contributed by atoms with Crippen LogP contribution < -0.4 is 10.6 Å². The molecule has 1 aromatic carbocycles. The van der Waals surface area contributed by atoms with Crippen molar-refractivity contribution in [3.63, 3.8) is 0 Å². The zero-order valence-electron chi connectivity index (χ0n) is 11.2. The van der Waals surface area contributed by atoms with Gasteiger partial charge in [0, 0.05) is 36.3 Å². The van der Waals surface area contributed by atoms with Crippen molar-refractivity contribution in [2.75, 3.05) is 25.1 Å². The summed E-state index contributed by atoms with van der Waals surface area (Å²) in [5.74, 6) is -0.189. The molecule has 0 aromatic heterocycles. The van der Waals surface area contributed by atoms with Crippen molar-refractivity contribution in [1.29, 1.82) is 0 Å². The van der Waals surface area contributed by atoms with Crippen molar-refractivity contribution >= 4 is 17.3 Å². The van der Waals surface area contributed by atoms with E-state index in [9.17, 15) is 14.9 Å². The van der Waals surface area contributed by atoms with Crippen molar-refractivity contribution in [2.24, 2.45) is 0 Å². The predicted molar refractivity (Wildman–Crippen MR) is 73.7 cm³/mol. The highest BCUT2D eigenvalue weighted by Crippen LogP contribution is 2.22. The lowest BCUT2D eigenvalue weighted by molar-refractivity contribution is -0.385. The van der Waals surface area contributed by atoms with Crippen LogP contribution >= 0.6 is 0 Å². The van der Waals surface area contributed by atoms with E-state index >= 15 is 0 Å². The SMILES string of the molecule is Cc1ccc(NC(=O)CC2COCCN2)cc1[N+](=O)[O-]. The number of nitrogens with zero attached hydrogens (tertiary/aromatic N) is 1. The number of nitro groups is 1. The number of hydrogen-bond donors (Lipinski definition) is 2. The third-order valence-corrected chi connectivity index (χ3v) is 3.12. The Morgan fingerprint density at radius 1 is 1.60 bits per heavy atom. The molecule has 7 nitrogen and oxygen atoms in total. The lowest BCUT2D eigenvalue weighted by Crippen LogP contribution is -2.43. The molecule has 1 atom stereocenters. The van der Waals surface area contributed by atoms with E-state index in [2.05, 4.69) is 10.6 Å². The number of anilines is 1. The molecule has 1 aliphatic rings. The van der Waals surface area contributed by atoms with Crippen LogP contribution in [0.25, 0.3) is 0 Å². The molecular formula is C13H17N3O4. The normalized spacial score (nSPS) is 18.6. The number of morpholine rings is 1. The smallest absolute Gasteiger partial charge is 0.274 e. The van der Waals surface area contributed by atoms with E-state index in [-0.39, 0.29) is 24.1 Å². The van der Waals surface area contributed by atoms with Gasteiger partial charge in [0.1, 0.15) is 0 Å². The van der Waals surface area contributed by atoms with E-state index in [4.69, 9.17) is 4.74 Å². The maximum absolute atomic E-state index is 11.9. The van der Waals surface area contributed by atoms with Crippen molar-refractivity contribution in [3.05, 3.63) is 33.9 Å². The summed E-state index contributed by atoms with van der Waals surface area (Å²) in [5.41, 5.74) is 1.00. The summed E-state index contributed by atoms with van der Waals surface area (Å²) in [4.78, 5) is 22.3. The summed E-state index contributed by atoms with van der Waals surface area (Å²) in [6.07, 6.45) is 0.279. The molecule has 1 saturated heterocycles. The highest BCUT2D eigenvalue weighted by Gasteiger charge is 2.18. The van der Waals surface area contributed by atoms with E-state index < -0.39 is 4.92 Å². The summed E-state index contributed by atoms with van der Waals surface area (Å²) in [6, 6.07) is 4.64. The Hall–Kier alpha value is -1.99. The molecule has 0 radical (unpaired) electrons. The van der Waals surface area contributed by atoms with Crippen molar-refractivity contribution < 1.29 is 14.5 Å². The van der Waals surface area contributed by atoms with Gasteiger partial charge in [-0.1, -0.05) is 6.07 Å². The first-order chi connectivity index (χ1) is 9.56. The van der Waals surface area contributed by atoms with Crippen LogP contribution in [0, 0.1) is 17.0 Å². The first-order valence-corrected chi connectivity index (χ1v) is 6.42. The molecule has 0 aliphatic carbocycles. The van der Waals surface area contributed by atoms with E-state index in [0.717, 1.165) is 6.54 Å². The van der Waals surface area contributed by atoms with Crippen molar-refractivity contribution in [3.8, 4) is 0 Å². The van der Waals surface area contributed by atoms with E-state index in [1.807, 2.05) is 0 Å². The molecule has 0 saturated carbocycles. The third-order valence-electron chi connectivity index (χ3n) is 3.12. The van der Waals surface area contributed by atoms with E-state index in [0.29, 0.717) is 24.5 Å². The van der Waals surface area contributed by atoms with Gasteiger partial charge in [-0.05, 0) is 13.0 Å². The second-order valence-corrected chi connectivity index (χ2v) is 4.74. The molecule has 1 unspecified atom stereocenters. The van der Waals surface area contributed by atoms with Gasteiger partial charge >= 0.3 is 0 Å². The largest absolute Gasteiger partial charge is 0.378 e. The number of aryl methyl sites for hydroxylation is 1. The number of nitro benzene ring substituents is 1. The predicted octanol–water partition coefficient (Wildman–Crippen LogP) is 1.22. The Morgan fingerprint density at radius 2 is 2.40 bits per heavy atom.